The van der Waals surface area contributed by atoms with Gasteiger partial charge < -0.3 is 16.4 Å². The molecule has 3 amide bonds. The van der Waals surface area contributed by atoms with Crippen LogP contribution in [0.25, 0.3) is 10.7 Å². The SMILES string of the molecule is Cc1nc(-c2ccccn2)sc1C(=O)NC(C)c1ccc(NC(N)=O)cc1. The Bertz CT molecular complexity index is 954. The van der Waals surface area contributed by atoms with Crippen molar-refractivity contribution in [2.45, 2.75) is 19.9 Å². The van der Waals surface area contributed by atoms with Crippen LogP contribution in [0.3, 0.4) is 0 Å². The lowest BCUT2D eigenvalue weighted by Crippen LogP contribution is -2.26. The van der Waals surface area contributed by atoms with Crippen LogP contribution >= 0.6 is 11.3 Å². The molecule has 0 spiro atoms. The molecule has 0 fully saturated rings. The quantitative estimate of drug-likeness (QED) is 0.628. The average molecular weight is 381 g/mol. The number of aryl methyl sites for hydroxylation is 1. The lowest BCUT2D eigenvalue weighted by atomic mass is 10.1. The number of nitrogens with two attached hydrogens (primary N) is 1. The number of hydrogen-bond acceptors (Lipinski definition) is 5. The fraction of sp³-hybridized carbons (Fsp3) is 0.158. The second kappa shape index (κ2) is 7.96. The number of anilines is 1. The number of aromatic nitrogens is 2. The van der Waals surface area contributed by atoms with Crippen molar-refractivity contribution in [1.29, 1.82) is 0 Å². The fourth-order valence-corrected chi connectivity index (χ4v) is 3.50. The first-order valence-electron chi connectivity index (χ1n) is 8.30. The molecule has 0 aliphatic rings. The van der Waals surface area contributed by atoms with E-state index in [-0.39, 0.29) is 11.9 Å². The third-order valence-electron chi connectivity index (χ3n) is 3.91. The Morgan fingerprint density at radius 1 is 1.15 bits per heavy atom. The van der Waals surface area contributed by atoms with Gasteiger partial charge in [0.1, 0.15) is 9.88 Å². The summed E-state index contributed by atoms with van der Waals surface area (Å²) >= 11 is 1.32. The highest BCUT2D eigenvalue weighted by molar-refractivity contribution is 7.17. The zero-order chi connectivity index (χ0) is 19.4. The van der Waals surface area contributed by atoms with E-state index in [9.17, 15) is 9.59 Å². The largest absolute Gasteiger partial charge is 0.351 e. The number of carbonyl (C=O) groups excluding carboxylic acids is 2. The van der Waals surface area contributed by atoms with E-state index >= 15 is 0 Å². The van der Waals surface area contributed by atoms with Crippen molar-refractivity contribution in [2.24, 2.45) is 5.73 Å². The zero-order valence-electron chi connectivity index (χ0n) is 14.9. The predicted molar refractivity (Wildman–Crippen MR) is 106 cm³/mol. The Labute approximate surface area is 160 Å². The van der Waals surface area contributed by atoms with Crippen LogP contribution in [0.4, 0.5) is 10.5 Å². The van der Waals surface area contributed by atoms with Gasteiger partial charge in [0.05, 0.1) is 17.4 Å². The predicted octanol–water partition coefficient (Wildman–Crippen LogP) is 3.50. The van der Waals surface area contributed by atoms with Gasteiger partial charge in [0.25, 0.3) is 5.91 Å². The van der Waals surface area contributed by atoms with Crippen molar-refractivity contribution >= 4 is 29.0 Å². The summed E-state index contributed by atoms with van der Waals surface area (Å²) in [6.45, 7) is 3.71. The summed E-state index contributed by atoms with van der Waals surface area (Å²) in [5.41, 5.74) is 8.02. The molecule has 0 saturated carbocycles. The number of nitrogens with zero attached hydrogens (tertiary/aromatic N) is 2. The van der Waals surface area contributed by atoms with E-state index in [1.165, 1.54) is 11.3 Å². The van der Waals surface area contributed by atoms with Gasteiger partial charge in [-0.2, -0.15) is 0 Å². The molecule has 3 rings (SSSR count). The van der Waals surface area contributed by atoms with Crippen LogP contribution in [0.5, 0.6) is 0 Å². The van der Waals surface area contributed by atoms with Gasteiger partial charge >= 0.3 is 6.03 Å². The Balaban J connectivity index is 1.71. The Hall–Kier alpha value is -3.26. The number of primary amides is 1. The summed E-state index contributed by atoms with van der Waals surface area (Å²) in [5, 5.41) is 6.20. The van der Waals surface area contributed by atoms with Gasteiger partial charge in [-0.15, -0.1) is 11.3 Å². The molecule has 1 atom stereocenters. The number of pyridine rings is 1. The summed E-state index contributed by atoms with van der Waals surface area (Å²) in [6.07, 6.45) is 1.70. The maximum atomic E-state index is 12.7. The molecule has 1 aromatic carbocycles. The van der Waals surface area contributed by atoms with Crippen LogP contribution in [0.1, 0.15) is 33.9 Å². The molecule has 8 heteroatoms. The number of hydrogen-bond donors (Lipinski definition) is 3. The summed E-state index contributed by atoms with van der Waals surface area (Å²) in [5.74, 6) is -0.181. The minimum atomic E-state index is -0.617. The van der Waals surface area contributed by atoms with Crippen molar-refractivity contribution in [1.82, 2.24) is 15.3 Å². The molecule has 2 heterocycles. The van der Waals surface area contributed by atoms with Gasteiger partial charge in [-0.05, 0) is 43.7 Å². The van der Waals surface area contributed by atoms with Crippen LogP contribution in [-0.4, -0.2) is 21.9 Å². The Kier molecular flexibility index (Phi) is 5.46. The first-order chi connectivity index (χ1) is 12.9. The van der Waals surface area contributed by atoms with Gasteiger partial charge in [0, 0.05) is 11.9 Å². The van der Waals surface area contributed by atoms with Crippen molar-refractivity contribution in [2.75, 3.05) is 5.32 Å². The number of carbonyl (C=O) groups is 2. The molecule has 0 aliphatic heterocycles. The van der Waals surface area contributed by atoms with Crippen molar-refractivity contribution in [3.8, 4) is 10.7 Å². The van der Waals surface area contributed by atoms with Crippen LogP contribution in [0, 0.1) is 6.92 Å². The highest BCUT2D eigenvalue weighted by atomic mass is 32.1. The van der Waals surface area contributed by atoms with Gasteiger partial charge in [0.15, 0.2) is 0 Å². The van der Waals surface area contributed by atoms with Crippen molar-refractivity contribution < 1.29 is 9.59 Å². The lowest BCUT2D eigenvalue weighted by Gasteiger charge is -2.14. The fourth-order valence-electron chi connectivity index (χ4n) is 2.55. The molecule has 0 aliphatic carbocycles. The van der Waals surface area contributed by atoms with E-state index in [4.69, 9.17) is 5.73 Å². The monoisotopic (exact) mass is 381 g/mol. The van der Waals surface area contributed by atoms with Gasteiger partial charge in [-0.25, -0.2) is 9.78 Å². The molecule has 0 bridgehead atoms. The van der Waals surface area contributed by atoms with Gasteiger partial charge in [-0.1, -0.05) is 18.2 Å². The number of thiazole rings is 1. The van der Waals surface area contributed by atoms with E-state index in [2.05, 4.69) is 20.6 Å². The first kappa shape index (κ1) is 18.5. The third-order valence-corrected chi connectivity index (χ3v) is 5.09. The standard InChI is InChI=1S/C19H19N5O2S/c1-11(13-6-8-14(9-7-13)24-19(20)26)22-17(25)16-12(2)23-18(27-16)15-5-3-4-10-21-15/h3-11H,1-2H3,(H,22,25)(H3,20,24,26). The Morgan fingerprint density at radius 3 is 2.52 bits per heavy atom. The Morgan fingerprint density at radius 2 is 1.89 bits per heavy atom. The molecule has 7 nitrogen and oxygen atoms in total. The van der Waals surface area contributed by atoms with Crippen LogP contribution in [0.15, 0.2) is 48.7 Å². The zero-order valence-corrected chi connectivity index (χ0v) is 15.7. The molecule has 3 aromatic rings. The number of urea groups is 1. The maximum Gasteiger partial charge on any atom is 0.316 e. The molecular weight excluding hydrogens is 362 g/mol. The minimum Gasteiger partial charge on any atom is -0.351 e. The number of rotatable bonds is 5. The van der Waals surface area contributed by atoms with E-state index in [1.54, 1.807) is 18.3 Å². The van der Waals surface area contributed by atoms with E-state index in [0.717, 1.165) is 11.3 Å². The summed E-state index contributed by atoms with van der Waals surface area (Å²) in [6, 6.07) is 11.9. The van der Waals surface area contributed by atoms with Crippen molar-refractivity contribution in [3.05, 3.63) is 64.8 Å². The highest BCUT2D eigenvalue weighted by Crippen LogP contribution is 2.27. The normalized spacial score (nSPS) is 11.6. The van der Waals surface area contributed by atoms with Gasteiger partial charge in [0.2, 0.25) is 0 Å². The van der Waals surface area contributed by atoms with Crippen LogP contribution < -0.4 is 16.4 Å². The van der Waals surface area contributed by atoms with Crippen molar-refractivity contribution in [3.63, 3.8) is 0 Å². The van der Waals surface area contributed by atoms with Crippen LogP contribution in [-0.2, 0) is 0 Å². The number of benzene rings is 1. The highest BCUT2D eigenvalue weighted by Gasteiger charge is 2.19. The first-order valence-corrected chi connectivity index (χ1v) is 9.12. The number of amides is 3. The smallest absolute Gasteiger partial charge is 0.316 e. The third kappa shape index (κ3) is 4.48. The molecule has 1 unspecified atom stereocenters. The van der Waals surface area contributed by atoms with E-state index < -0.39 is 6.03 Å². The average Bonchev–Trinajstić information content (AvgIpc) is 3.04. The summed E-state index contributed by atoms with van der Waals surface area (Å²) < 4.78 is 0. The number of nitrogens with one attached hydrogen (secondary N) is 2. The minimum absolute atomic E-state index is 0.181. The molecule has 4 N–H and O–H groups in total. The molecule has 2 aromatic heterocycles. The molecule has 0 saturated heterocycles. The molecular formula is C19H19N5O2S. The topological polar surface area (TPSA) is 110 Å². The van der Waals surface area contributed by atoms with E-state index in [1.807, 2.05) is 44.2 Å². The lowest BCUT2D eigenvalue weighted by molar-refractivity contribution is 0.0943. The van der Waals surface area contributed by atoms with E-state index in [0.29, 0.717) is 21.3 Å². The summed E-state index contributed by atoms with van der Waals surface area (Å²) in [7, 11) is 0. The molecule has 27 heavy (non-hydrogen) atoms. The second-order valence-corrected chi connectivity index (χ2v) is 6.95. The molecule has 0 radical (unpaired) electrons. The second-order valence-electron chi connectivity index (χ2n) is 5.95. The van der Waals surface area contributed by atoms with Gasteiger partial charge in [-0.3, -0.25) is 9.78 Å². The summed E-state index contributed by atoms with van der Waals surface area (Å²) in [4.78, 5) is 32.8. The van der Waals surface area contributed by atoms with Crippen LogP contribution in [0.2, 0.25) is 0 Å². The molecule has 138 valence electrons. The maximum absolute atomic E-state index is 12.7.